The molecule has 0 amide bonds. The third kappa shape index (κ3) is 2.06. The molecule has 2 saturated carbocycles. The van der Waals surface area contributed by atoms with Gasteiger partial charge in [0, 0.05) is 5.92 Å². The number of carbonyl (C=O) groups excluding carboxylic acids is 1. The maximum Gasteiger partial charge on any atom is 0.123 e. The Morgan fingerprint density at radius 3 is 2.78 bits per heavy atom. The summed E-state index contributed by atoms with van der Waals surface area (Å²) in [5.41, 5.74) is 3.24. The quantitative estimate of drug-likeness (QED) is 0.772. The van der Waals surface area contributed by atoms with Crippen LogP contribution in [0.5, 0.6) is 0 Å². The van der Waals surface area contributed by atoms with Crippen LogP contribution in [0.2, 0.25) is 0 Å². The van der Waals surface area contributed by atoms with Crippen molar-refractivity contribution in [3.05, 3.63) is 23.3 Å². The summed E-state index contributed by atoms with van der Waals surface area (Å²) in [5, 5.41) is 9.48. The van der Waals surface area contributed by atoms with Crippen molar-refractivity contribution in [2.45, 2.75) is 58.8 Å². The predicted octanol–water partition coefficient (Wildman–Crippen LogP) is 4.29. The minimum atomic E-state index is 0.212. The number of carbonyl (C=O) groups is 1. The standard InChI is InChI=1S/C21H30O2/c1-20-9-7-14(12-22)11-15(20)3-5-17-18-6-4-16(13-23)21(18,2)10-8-19(17)20/h3,11,13,16-19,22H,4-10,12H2,1-2H3/t16-,17?,18?,19?,20+,21-/m1/s1. The maximum absolute atomic E-state index is 11.5. The molecule has 2 fully saturated rings. The third-order valence-corrected chi connectivity index (χ3v) is 8.29. The molecule has 0 aromatic rings. The maximum atomic E-state index is 11.5. The van der Waals surface area contributed by atoms with Crippen molar-refractivity contribution >= 4 is 6.29 Å². The van der Waals surface area contributed by atoms with Crippen LogP contribution in [-0.2, 0) is 4.79 Å². The summed E-state index contributed by atoms with van der Waals surface area (Å²) in [7, 11) is 0. The monoisotopic (exact) mass is 314 g/mol. The average Bonchev–Trinajstić information content (AvgIpc) is 2.90. The highest BCUT2D eigenvalue weighted by Gasteiger charge is 2.58. The summed E-state index contributed by atoms with van der Waals surface area (Å²) in [4.78, 5) is 11.5. The van der Waals surface area contributed by atoms with Gasteiger partial charge in [0.1, 0.15) is 6.29 Å². The van der Waals surface area contributed by atoms with Crippen LogP contribution in [0.15, 0.2) is 23.3 Å². The van der Waals surface area contributed by atoms with E-state index in [0.29, 0.717) is 11.3 Å². The zero-order chi connectivity index (χ0) is 16.2. The number of rotatable bonds is 2. The van der Waals surface area contributed by atoms with Gasteiger partial charge in [-0.1, -0.05) is 26.0 Å². The van der Waals surface area contributed by atoms with Crippen molar-refractivity contribution in [2.75, 3.05) is 6.61 Å². The molecule has 23 heavy (non-hydrogen) atoms. The van der Waals surface area contributed by atoms with Gasteiger partial charge in [-0.3, -0.25) is 0 Å². The molecule has 1 N–H and O–H groups in total. The summed E-state index contributed by atoms with van der Waals surface area (Å²) < 4.78 is 0. The third-order valence-electron chi connectivity index (χ3n) is 8.29. The van der Waals surface area contributed by atoms with Gasteiger partial charge in [0.2, 0.25) is 0 Å². The van der Waals surface area contributed by atoms with Crippen molar-refractivity contribution in [1.82, 2.24) is 0 Å². The van der Waals surface area contributed by atoms with Crippen molar-refractivity contribution in [3.63, 3.8) is 0 Å². The van der Waals surface area contributed by atoms with Gasteiger partial charge in [-0.25, -0.2) is 0 Å². The van der Waals surface area contributed by atoms with Crippen LogP contribution in [0, 0.1) is 34.5 Å². The van der Waals surface area contributed by atoms with Gasteiger partial charge in [0.05, 0.1) is 6.61 Å². The molecular formula is C21H30O2. The lowest BCUT2D eigenvalue weighted by Crippen LogP contribution is -2.49. The van der Waals surface area contributed by atoms with Crippen LogP contribution < -0.4 is 0 Å². The molecule has 0 aromatic heterocycles. The van der Waals surface area contributed by atoms with Crippen LogP contribution in [0.3, 0.4) is 0 Å². The first-order valence-electron chi connectivity index (χ1n) is 9.49. The normalized spacial score (nSPS) is 48.7. The van der Waals surface area contributed by atoms with E-state index in [1.165, 1.54) is 49.5 Å². The highest BCUT2D eigenvalue weighted by atomic mass is 16.3. The number of aliphatic hydroxyl groups is 1. The zero-order valence-electron chi connectivity index (χ0n) is 14.6. The highest BCUT2D eigenvalue weighted by molar-refractivity contribution is 5.56. The molecule has 3 unspecified atom stereocenters. The summed E-state index contributed by atoms with van der Waals surface area (Å²) in [6.07, 6.45) is 14.3. The summed E-state index contributed by atoms with van der Waals surface area (Å²) in [6, 6.07) is 0. The van der Waals surface area contributed by atoms with E-state index in [9.17, 15) is 9.90 Å². The second-order valence-corrected chi connectivity index (χ2v) is 9.01. The van der Waals surface area contributed by atoms with E-state index in [1.54, 1.807) is 0 Å². The summed E-state index contributed by atoms with van der Waals surface area (Å²) >= 11 is 0. The van der Waals surface area contributed by atoms with E-state index < -0.39 is 0 Å². The molecule has 0 radical (unpaired) electrons. The Morgan fingerprint density at radius 1 is 1.22 bits per heavy atom. The Balaban J connectivity index is 1.68. The van der Waals surface area contributed by atoms with Gasteiger partial charge in [-0.2, -0.15) is 0 Å². The molecule has 2 heteroatoms. The Labute approximate surface area is 140 Å². The zero-order valence-corrected chi connectivity index (χ0v) is 14.6. The first-order chi connectivity index (χ1) is 11.0. The smallest absolute Gasteiger partial charge is 0.123 e. The van der Waals surface area contributed by atoms with E-state index in [1.807, 2.05) is 0 Å². The molecule has 0 aliphatic heterocycles. The van der Waals surface area contributed by atoms with E-state index >= 15 is 0 Å². The first-order valence-corrected chi connectivity index (χ1v) is 9.49. The number of aldehydes is 1. The largest absolute Gasteiger partial charge is 0.392 e. The Morgan fingerprint density at radius 2 is 2.04 bits per heavy atom. The molecule has 0 aromatic carbocycles. The second kappa shape index (κ2) is 5.31. The van der Waals surface area contributed by atoms with Gasteiger partial charge >= 0.3 is 0 Å². The topological polar surface area (TPSA) is 37.3 Å². The van der Waals surface area contributed by atoms with Gasteiger partial charge < -0.3 is 9.90 Å². The van der Waals surface area contributed by atoms with Gasteiger partial charge in [0.25, 0.3) is 0 Å². The molecule has 0 bridgehead atoms. The van der Waals surface area contributed by atoms with Crippen LogP contribution in [-0.4, -0.2) is 18.0 Å². The molecule has 2 nitrogen and oxygen atoms in total. The number of hydrogen-bond donors (Lipinski definition) is 1. The molecule has 4 aliphatic carbocycles. The van der Waals surface area contributed by atoms with Crippen LogP contribution >= 0.6 is 0 Å². The molecule has 126 valence electrons. The van der Waals surface area contributed by atoms with Crippen molar-refractivity contribution in [3.8, 4) is 0 Å². The van der Waals surface area contributed by atoms with E-state index in [-0.39, 0.29) is 12.0 Å². The molecular weight excluding hydrogens is 284 g/mol. The number of fused-ring (bicyclic) bond motifs is 5. The van der Waals surface area contributed by atoms with Gasteiger partial charge in [-0.05, 0) is 84.7 Å². The van der Waals surface area contributed by atoms with Crippen LogP contribution in [0.25, 0.3) is 0 Å². The molecule has 4 rings (SSSR count). The number of hydrogen-bond acceptors (Lipinski definition) is 2. The van der Waals surface area contributed by atoms with Crippen LogP contribution in [0.4, 0.5) is 0 Å². The lowest BCUT2D eigenvalue weighted by atomic mass is 9.48. The van der Waals surface area contributed by atoms with Crippen molar-refractivity contribution < 1.29 is 9.90 Å². The van der Waals surface area contributed by atoms with Crippen LogP contribution in [0.1, 0.15) is 58.8 Å². The Hall–Kier alpha value is -0.890. The number of allylic oxidation sites excluding steroid dienone is 3. The predicted molar refractivity (Wildman–Crippen MR) is 91.8 cm³/mol. The lowest BCUT2D eigenvalue weighted by Gasteiger charge is -2.56. The molecule has 0 spiro atoms. The van der Waals surface area contributed by atoms with Gasteiger partial charge in [0.15, 0.2) is 0 Å². The summed E-state index contributed by atoms with van der Waals surface area (Å²) in [5.74, 6) is 2.55. The fourth-order valence-electron chi connectivity index (χ4n) is 6.77. The van der Waals surface area contributed by atoms with Gasteiger partial charge in [-0.15, -0.1) is 0 Å². The highest BCUT2D eigenvalue weighted by Crippen LogP contribution is 2.65. The minimum absolute atomic E-state index is 0.212. The molecule has 4 aliphatic rings. The SMILES string of the molecule is C[C@]12CCC(CO)=CC1=CCC1C2CC[C@@]2(C)C1CC[C@@H]2C=O. The van der Waals surface area contributed by atoms with E-state index in [0.717, 1.165) is 30.6 Å². The van der Waals surface area contributed by atoms with E-state index in [2.05, 4.69) is 26.0 Å². The average molecular weight is 314 g/mol. The Kier molecular flexibility index (Phi) is 3.61. The first kappa shape index (κ1) is 15.6. The Bertz CT molecular complexity index is 574. The second-order valence-electron chi connectivity index (χ2n) is 9.01. The lowest BCUT2D eigenvalue weighted by molar-refractivity contribution is -0.117. The number of aliphatic hydroxyl groups excluding tert-OH is 1. The summed E-state index contributed by atoms with van der Waals surface area (Å²) in [6.45, 7) is 5.07. The fraction of sp³-hybridized carbons (Fsp3) is 0.762. The fourth-order valence-corrected chi connectivity index (χ4v) is 6.77. The minimum Gasteiger partial charge on any atom is -0.392 e. The van der Waals surface area contributed by atoms with Crippen molar-refractivity contribution in [1.29, 1.82) is 0 Å². The molecule has 0 heterocycles. The molecule has 0 saturated heterocycles. The van der Waals surface area contributed by atoms with Crippen molar-refractivity contribution in [2.24, 2.45) is 34.5 Å². The molecule has 6 atom stereocenters. The van der Waals surface area contributed by atoms with E-state index in [4.69, 9.17) is 0 Å².